The summed E-state index contributed by atoms with van der Waals surface area (Å²) in [6, 6.07) is 3.67. The molecule has 3 aliphatic rings. The number of aliphatic hydroxyl groups excluding tert-OH is 1. The Balaban J connectivity index is 1.52. The Morgan fingerprint density at radius 2 is 1.93 bits per heavy atom. The zero-order chi connectivity index (χ0) is 39.2. The molecule has 13 nitrogen and oxygen atoms in total. The number of hydrogen-bond acceptors (Lipinski definition) is 11. The number of allylic oxidation sites excluding steroid dienone is 4. The number of aromatic hydroxyl groups is 2. The Labute approximate surface area is 340 Å². The normalized spacial score (nSPS) is 25.9. The standard InChI is InChI=1S/C38H40I3N3O10/c1-17-12-14-44-24(16-17)42-29-25-26-33(47)21(5)35-27(25)37(49)41(54-35)52-15-9-13-39-36(53-23(7)45)22(6)32(46)20(4)28(40-51)18(2)10-8-11-19(3)38(50)43-30(31(29)44)34(26)48/h8-12,14-16,18,20,28,32,36,46-48,51H,6,13H2,1-5,7H3,(H,43,50)/q-2/b10-8+,15-9+,19-11-/t18-,20+,28?,32?,36-/m0/s1. The van der Waals surface area contributed by atoms with Gasteiger partial charge in [0, 0.05) is 0 Å². The number of pyridine rings is 1. The summed E-state index contributed by atoms with van der Waals surface area (Å²) in [6.07, 6.45) is 8.94. The second-order valence-electron chi connectivity index (χ2n) is 13.1. The van der Waals surface area contributed by atoms with Gasteiger partial charge in [-0.25, -0.2) is 0 Å². The number of amides is 1. The molecule has 5 N–H and O–H groups in total. The zero-order valence-electron chi connectivity index (χ0n) is 30.2. The van der Waals surface area contributed by atoms with E-state index in [9.17, 15) is 33.1 Å². The van der Waals surface area contributed by atoms with Gasteiger partial charge < -0.3 is 0 Å². The number of alkyl halides is 3. The van der Waals surface area contributed by atoms with E-state index in [-0.39, 0.29) is 60.0 Å². The van der Waals surface area contributed by atoms with Gasteiger partial charge in [-0.15, -0.1) is 0 Å². The maximum absolute atomic E-state index is 14.2. The van der Waals surface area contributed by atoms with Crippen LogP contribution in [-0.2, 0) is 17.4 Å². The Hall–Kier alpha value is -3.47. The fourth-order valence-corrected chi connectivity index (χ4v) is 13.4. The van der Waals surface area contributed by atoms with Crippen LogP contribution >= 0.6 is 20.6 Å². The molecule has 7 rings (SSSR count). The number of hydrogen-bond donors (Lipinski definition) is 5. The molecule has 54 heavy (non-hydrogen) atoms. The first-order chi connectivity index (χ1) is 25.7. The average Bonchev–Trinajstić information content (AvgIpc) is 3.66. The molecule has 0 fully saturated rings. The third-order valence-electron chi connectivity index (χ3n) is 9.33. The van der Waals surface area contributed by atoms with E-state index in [0.717, 1.165) is 5.56 Å². The molecule has 5 bridgehead atoms. The van der Waals surface area contributed by atoms with Crippen LogP contribution in [0.25, 0.3) is 27.5 Å². The number of aliphatic hydroxyl groups is 1. The number of imidazole rings is 1. The molecule has 0 aliphatic carbocycles. The van der Waals surface area contributed by atoms with Crippen molar-refractivity contribution in [1.82, 2.24) is 9.38 Å². The summed E-state index contributed by atoms with van der Waals surface area (Å²) in [5, 5.41) is 37.8. The van der Waals surface area contributed by atoms with Gasteiger partial charge in [0.25, 0.3) is 0 Å². The van der Waals surface area contributed by atoms with E-state index in [1.807, 2.05) is 39.0 Å². The third-order valence-corrected chi connectivity index (χ3v) is 18.1. The number of halogens is 3. The predicted molar refractivity (Wildman–Crippen MR) is 204 cm³/mol. The molecular formula is C38H40I3N3O10-2. The van der Waals surface area contributed by atoms with E-state index in [2.05, 4.69) is 11.9 Å². The van der Waals surface area contributed by atoms with Gasteiger partial charge in [-0.05, 0) is 0 Å². The topological polar surface area (TPSA) is 189 Å². The van der Waals surface area contributed by atoms with Crippen LogP contribution in [0.5, 0.6) is 17.2 Å². The summed E-state index contributed by atoms with van der Waals surface area (Å²) < 4.78 is 28.9. The molecule has 3 aliphatic heterocycles. The van der Waals surface area contributed by atoms with Crippen molar-refractivity contribution in [1.29, 1.82) is 0 Å². The zero-order valence-corrected chi connectivity index (χ0v) is 36.7. The van der Waals surface area contributed by atoms with Crippen molar-refractivity contribution in [3.63, 3.8) is 0 Å². The first-order valence-corrected chi connectivity index (χ1v) is 24.6. The minimum atomic E-state index is -3.38. The van der Waals surface area contributed by atoms with E-state index in [0.29, 0.717) is 21.2 Å². The van der Waals surface area contributed by atoms with Gasteiger partial charge >= 0.3 is 343 Å². The second kappa shape index (κ2) is 16.3. The van der Waals surface area contributed by atoms with Crippen molar-refractivity contribution in [3.05, 3.63) is 83.3 Å². The predicted octanol–water partition coefficient (Wildman–Crippen LogP) is 0.0550. The average molecular weight is 1080 g/mol. The molecule has 5 heterocycles. The van der Waals surface area contributed by atoms with Crippen molar-refractivity contribution >= 4 is 69.5 Å². The van der Waals surface area contributed by atoms with Crippen LogP contribution in [0.4, 0.5) is 5.69 Å². The molecule has 1 amide bonds. The molecule has 2 unspecified atom stereocenters. The number of anilines is 1. The number of carbonyl (C=O) groups excluding carboxylic acids is 3. The molecule has 16 heteroatoms. The van der Waals surface area contributed by atoms with Crippen molar-refractivity contribution in [2.45, 2.75) is 55.7 Å². The van der Waals surface area contributed by atoms with Gasteiger partial charge in [0.1, 0.15) is 0 Å². The second-order valence-corrected chi connectivity index (χ2v) is 21.2. The number of benzene rings is 2. The Kier molecular flexibility index (Phi) is 12.2. The van der Waals surface area contributed by atoms with Crippen LogP contribution in [0.15, 0.2) is 66.6 Å². The van der Waals surface area contributed by atoms with E-state index < -0.39 is 101 Å². The molecule has 5 atom stereocenters. The summed E-state index contributed by atoms with van der Waals surface area (Å²) in [4.78, 5) is 44.8. The Morgan fingerprint density at radius 1 is 1.19 bits per heavy atom. The molecule has 2 aromatic carbocycles. The monoisotopic (exact) mass is 1080 g/mol. The molecule has 4 aromatic rings. The fraction of sp³-hybridized carbons (Fsp3) is 0.316. The van der Waals surface area contributed by atoms with Gasteiger partial charge in [0.15, 0.2) is 0 Å². The molecule has 0 saturated carbocycles. The summed E-state index contributed by atoms with van der Waals surface area (Å²) >= 11 is -5.69. The number of fused-ring (bicyclic) bond motifs is 14. The van der Waals surface area contributed by atoms with Crippen molar-refractivity contribution in [3.8, 4) is 17.2 Å². The van der Waals surface area contributed by atoms with Crippen molar-refractivity contribution in [2.75, 3.05) is 9.74 Å². The van der Waals surface area contributed by atoms with Crippen LogP contribution in [0.2, 0.25) is 0 Å². The molecule has 2 aromatic heterocycles. The fourth-order valence-electron chi connectivity index (χ4n) is 6.42. The van der Waals surface area contributed by atoms with Gasteiger partial charge in [0.05, 0.1) is 0 Å². The van der Waals surface area contributed by atoms with Gasteiger partial charge in [-0.1, -0.05) is 0 Å². The van der Waals surface area contributed by atoms with Crippen molar-refractivity contribution < 1.29 is 86.8 Å². The van der Waals surface area contributed by atoms with E-state index in [1.54, 1.807) is 42.7 Å². The quantitative estimate of drug-likeness (QED) is 0.0457. The number of nitrogens with one attached hydrogen (secondary N) is 1. The van der Waals surface area contributed by atoms with Crippen molar-refractivity contribution in [2.24, 2.45) is 11.8 Å². The maximum atomic E-state index is 14.2. The summed E-state index contributed by atoms with van der Waals surface area (Å²) in [6.45, 7) is 14.2. The van der Waals surface area contributed by atoms with Gasteiger partial charge in [0.2, 0.25) is 0 Å². The summed E-state index contributed by atoms with van der Waals surface area (Å²) in [5.41, 5.74) is 2.96. The summed E-state index contributed by atoms with van der Waals surface area (Å²) in [7, 11) is 0. The number of esters is 1. The molecule has 0 radical (unpaired) electrons. The van der Waals surface area contributed by atoms with Gasteiger partial charge in [-0.3, -0.25) is 0 Å². The van der Waals surface area contributed by atoms with E-state index >= 15 is 0 Å². The third kappa shape index (κ3) is 7.42. The number of ether oxygens (including phenoxy) is 1. The number of phenolic OH excluding ortho intramolecular Hbond substituents is 2. The number of aryl methyl sites for hydroxylation is 1. The molecule has 0 spiro atoms. The Morgan fingerprint density at radius 3 is 2.63 bits per heavy atom. The van der Waals surface area contributed by atoms with Crippen LogP contribution in [0.1, 0.15) is 49.2 Å². The number of carbonyl (C=O) groups is 3. The number of aromatic nitrogens is 2. The van der Waals surface area contributed by atoms with Crippen LogP contribution < -0.4 is 51.2 Å². The first-order valence-electron chi connectivity index (χ1n) is 16.8. The Bertz CT molecular complexity index is 2320. The number of rotatable bonds is 2. The van der Waals surface area contributed by atoms with Gasteiger partial charge in [-0.2, -0.15) is 0 Å². The number of phenols is 2. The molecule has 290 valence electrons. The van der Waals surface area contributed by atoms with Crippen LogP contribution in [-0.4, -0.2) is 62.4 Å². The van der Waals surface area contributed by atoms with E-state index in [1.165, 1.54) is 13.2 Å². The number of nitrogens with zero attached hydrogens (tertiary/aromatic N) is 2. The van der Waals surface area contributed by atoms with Crippen LogP contribution in [0.3, 0.4) is 0 Å². The minimum absolute atomic E-state index is 0.00235. The SMILES string of the molecule is C=C1C(O)[C@H](C)C([I-]O)[C@@H](C)/C=C/C=C(/C)C(=O)Nc2c(O)c3c(O)c(C)c4c(c3c3nc5cc(C)ccn5c23)C(=O)I(O/C=C/C[I-][C@H]1OC(C)=O)O4. The van der Waals surface area contributed by atoms with E-state index in [4.69, 9.17) is 15.9 Å². The summed E-state index contributed by atoms with van der Waals surface area (Å²) in [5.74, 6) is -2.32. The molecule has 0 saturated heterocycles. The molecular weight excluding hydrogens is 1040 g/mol. The first kappa shape index (κ1) is 40.2. The van der Waals surface area contributed by atoms with Crippen LogP contribution in [0, 0.1) is 25.7 Å².